The van der Waals surface area contributed by atoms with Gasteiger partial charge in [-0.2, -0.15) is 13.2 Å². The van der Waals surface area contributed by atoms with Crippen molar-refractivity contribution in [1.82, 2.24) is 4.98 Å². The molecule has 0 N–H and O–H groups in total. The molecular formula is C10H8F3NO. The maximum Gasteiger partial charge on any atom is 0.416 e. The third kappa shape index (κ3) is 2.00. The van der Waals surface area contributed by atoms with Crippen LogP contribution >= 0.6 is 0 Å². The van der Waals surface area contributed by atoms with Crippen LogP contribution in [0, 0.1) is 0 Å². The first-order valence-electron chi connectivity index (χ1n) is 4.51. The van der Waals surface area contributed by atoms with E-state index < -0.39 is 11.7 Å². The Morgan fingerprint density at radius 2 is 2.00 bits per heavy atom. The number of halogens is 3. The number of hydrogen-bond donors (Lipinski definition) is 0. The van der Waals surface area contributed by atoms with Crippen molar-refractivity contribution < 1.29 is 18.0 Å². The predicted molar refractivity (Wildman–Crippen MR) is 46.2 cm³/mol. The molecule has 1 aliphatic rings. The van der Waals surface area contributed by atoms with Gasteiger partial charge in [0, 0.05) is 30.7 Å². The van der Waals surface area contributed by atoms with E-state index in [9.17, 15) is 18.0 Å². The first-order chi connectivity index (χ1) is 6.97. The van der Waals surface area contributed by atoms with Crippen LogP contribution in [0.25, 0.3) is 0 Å². The molecule has 2 rings (SSSR count). The number of ketones is 1. The molecule has 0 atom stereocenters. The Morgan fingerprint density at radius 1 is 1.33 bits per heavy atom. The second kappa shape index (κ2) is 3.32. The van der Waals surface area contributed by atoms with Crippen molar-refractivity contribution in [2.24, 2.45) is 0 Å². The van der Waals surface area contributed by atoms with E-state index in [-0.39, 0.29) is 11.7 Å². The highest BCUT2D eigenvalue weighted by molar-refractivity contribution is 5.86. The van der Waals surface area contributed by atoms with Gasteiger partial charge in [-0.05, 0) is 12.1 Å². The van der Waals surface area contributed by atoms with Crippen molar-refractivity contribution in [2.75, 3.05) is 0 Å². The van der Waals surface area contributed by atoms with Gasteiger partial charge in [0.15, 0.2) is 0 Å². The summed E-state index contributed by atoms with van der Waals surface area (Å²) in [4.78, 5) is 14.6. The van der Waals surface area contributed by atoms with Crippen molar-refractivity contribution in [3.8, 4) is 0 Å². The highest BCUT2D eigenvalue weighted by Crippen LogP contribution is 2.35. The Labute approximate surface area is 84.1 Å². The molecule has 2 nitrogen and oxygen atoms in total. The Hall–Kier alpha value is -1.39. The van der Waals surface area contributed by atoms with Gasteiger partial charge in [0.05, 0.1) is 5.56 Å². The lowest BCUT2D eigenvalue weighted by Gasteiger charge is -2.23. The maximum absolute atomic E-state index is 12.3. The zero-order valence-electron chi connectivity index (χ0n) is 7.71. The number of carbonyl (C=O) groups excluding carboxylic acids is 1. The molecule has 5 heteroatoms. The van der Waals surface area contributed by atoms with E-state index in [0.717, 1.165) is 18.3 Å². The fraction of sp³-hybridized carbons (Fsp3) is 0.400. The monoisotopic (exact) mass is 215 g/mol. The summed E-state index contributed by atoms with van der Waals surface area (Å²) in [5.41, 5.74) is -0.337. The smallest absolute Gasteiger partial charge is 0.300 e. The topological polar surface area (TPSA) is 30.0 Å². The Kier molecular flexibility index (Phi) is 2.25. The van der Waals surface area contributed by atoms with E-state index >= 15 is 0 Å². The maximum atomic E-state index is 12.3. The fourth-order valence-electron chi connectivity index (χ4n) is 1.55. The van der Waals surface area contributed by atoms with Crippen LogP contribution in [0.3, 0.4) is 0 Å². The molecule has 0 saturated heterocycles. The number of nitrogens with zero attached hydrogens (tertiary/aromatic N) is 1. The average Bonchev–Trinajstić information content (AvgIpc) is 2.12. The summed E-state index contributed by atoms with van der Waals surface area (Å²) < 4.78 is 37.0. The molecular weight excluding hydrogens is 207 g/mol. The van der Waals surface area contributed by atoms with Gasteiger partial charge in [-0.1, -0.05) is 0 Å². The SMILES string of the molecule is O=C1CC(c2cc(C(F)(F)F)ccn2)C1. The molecule has 15 heavy (non-hydrogen) atoms. The molecule has 0 unspecified atom stereocenters. The lowest BCUT2D eigenvalue weighted by molar-refractivity contribution is -0.137. The molecule has 0 amide bonds. The molecule has 0 radical (unpaired) electrons. The van der Waals surface area contributed by atoms with Gasteiger partial charge in [-0.25, -0.2) is 0 Å². The molecule has 1 saturated carbocycles. The van der Waals surface area contributed by atoms with Crippen molar-refractivity contribution in [3.05, 3.63) is 29.6 Å². The lowest BCUT2D eigenvalue weighted by atomic mass is 9.81. The average molecular weight is 215 g/mol. The van der Waals surface area contributed by atoms with E-state index in [1.54, 1.807) is 0 Å². The minimum absolute atomic E-state index is 0.0826. The normalized spacial score (nSPS) is 17.7. The van der Waals surface area contributed by atoms with E-state index in [2.05, 4.69) is 4.98 Å². The van der Waals surface area contributed by atoms with Gasteiger partial charge in [-0.15, -0.1) is 0 Å². The molecule has 80 valence electrons. The van der Waals surface area contributed by atoms with E-state index in [1.807, 2.05) is 0 Å². The number of Topliss-reactive ketones (excluding diaryl/α,β-unsaturated/α-hetero) is 1. The zero-order valence-corrected chi connectivity index (χ0v) is 7.71. The second-order valence-electron chi connectivity index (χ2n) is 3.61. The number of aromatic nitrogens is 1. The minimum Gasteiger partial charge on any atom is -0.300 e. The third-order valence-corrected chi connectivity index (χ3v) is 2.47. The minimum atomic E-state index is -4.34. The van der Waals surface area contributed by atoms with Gasteiger partial charge in [-0.3, -0.25) is 9.78 Å². The summed E-state index contributed by atoms with van der Waals surface area (Å²) >= 11 is 0. The van der Waals surface area contributed by atoms with Crippen LogP contribution in [0.5, 0.6) is 0 Å². The summed E-state index contributed by atoms with van der Waals surface area (Å²) in [7, 11) is 0. The number of pyridine rings is 1. The van der Waals surface area contributed by atoms with Crippen LogP contribution in [0.15, 0.2) is 18.3 Å². The van der Waals surface area contributed by atoms with Gasteiger partial charge >= 0.3 is 6.18 Å². The summed E-state index contributed by atoms with van der Waals surface area (Å²) in [6.07, 6.45) is -2.57. The first kappa shape index (κ1) is 10.1. The van der Waals surface area contributed by atoms with Crippen LogP contribution < -0.4 is 0 Å². The number of hydrogen-bond acceptors (Lipinski definition) is 2. The van der Waals surface area contributed by atoms with Crippen molar-refractivity contribution in [1.29, 1.82) is 0 Å². The fourth-order valence-corrected chi connectivity index (χ4v) is 1.55. The van der Waals surface area contributed by atoms with Gasteiger partial charge in [0.1, 0.15) is 5.78 Å². The summed E-state index contributed by atoms with van der Waals surface area (Å²) in [6.45, 7) is 0. The van der Waals surface area contributed by atoms with Crippen LogP contribution in [0.2, 0.25) is 0 Å². The summed E-state index contributed by atoms with van der Waals surface area (Å²) in [6, 6.07) is 1.96. The molecule has 1 fully saturated rings. The lowest BCUT2D eigenvalue weighted by Crippen LogP contribution is -2.22. The number of rotatable bonds is 1. The molecule has 1 heterocycles. The van der Waals surface area contributed by atoms with Crippen molar-refractivity contribution in [2.45, 2.75) is 24.9 Å². The quantitative estimate of drug-likeness (QED) is 0.720. The van der Waals surface area contributed by atoms with Gasteiger partial charge in [0.2, 0.25) is 0 Å². The van der Waals surface area contributed by atoms with Gasteiger partial charge in [0.25, 0.3) is 0 Å². The molecule has 0 spiro atoms. The molecule has 1 aliphatic carbocycles. The highest BCUT2D eigenvalue weighted by Gasteiger charge is 2.34. The summed E-state index contributed by atoms with van der Waals surface area (Å²) in [5.74, 6) is -0.0426. The Morgan fingerprint density at radius 3 is 2.53 bits per heavy atom. The molecule has 1 aromatic heterocycles. The van der Waals surface area contributed by atoms with Crippen molar-refractivity contribution in [3.63, 3.8) is 0 Å². The molecule has 0 aliphatic heterocycles. The highest BCUT2D eigenvalue weighted by atomic mass is 19.4. The summed E-state index contributed by atoms with van der Waals surface area (Å²) in [5, 5.41) is 0. The van der Waals surface area contributed by atoms with E-state index in [1.165, 1.54) is 0 Å². The first-order valence-corrected chi connectivity index (χ1v) is 4.51. The molecule has 1 aromatic rings. The van der Waals surface area contributed by atoms with E-state index in [0.29, 0.717) is 18.5 Å². The molecule has 0 aromatic carbocycles. The standard InChI is InChI=1S/C10H8F3NO/c11-10(12,13)7-1-2-14-9(5-7)6-3-8(15)4-6/h1-2,5-6H,3-4H2. The molecule has 0 bridgehead atoms. The zero-order chi connectivity index (χ0) is 11.1. The van der Waals surface area contributed by atoms with Crippen molar-refractivity contribution >= 4 is 5.78 Å². The third-order valence-electron chi connectivity index (χ3n) is 2.47. The second-order valence-corrected chi connectivity index (χ2v) is 3.61. The Balaban J connectivity index is 2.23. The Bertz CT molecular complexity index is 392. The largest absolute Gasteiger partial charge is 0.416 e. The van der Waals surface area contributed by atoms with Crippen LogP contribution in [-0.4, -0.2) is 10.8 Å². The number of carbonyl (C=O) groups is 1. The van der Waals surface area contributed by atoms with Crippen LogP contribution in [0.1, 0.15) is 30.0 Å². The van der Waals surface area contributed by atoms with E-state index in [4.69, 9.17) is 0 Å². The number of alkyl halides is 3. The predicted octanol–water partition coefficient (Wildman–Crippen LogP) is 2.55. The van der Waals surface area contributed by atoms with Gasteiger partial charge < -0.3 is 0 Å². The van der Waals surface area contributed by atoms with Crippen LogP contribution in [0.4, 0.5) is 13.2 Å². The van der Waals surface area contributed by atoms with Crippen LogP contribution in [-0.2, 0) is 11.0 Å².